The van der Waals surface area contributed by atoms with Gasteiger partial charge in [-0.1, -0.05) is 78.9 Å². The highest BCUT2D eigenvalue weighted by atomic mass is 16.6. The van der Waals surface area contributed by atoms with Crippen molar-refractivity contribution in [1.29, 1.82) is 0 Å². The molecule has 0 atom stereocenters. The van der Waals surface area contributed by atoms with E-state index in [9.17, 15) is 0 Å². The molecule has 1 fully saturated rings. The Labute approximate surface area is 147 Å². The minimum atomic E-state index is -0.292. The van der Waals surface area contributed by atoms with Crippen molar-refractivity contribution >= 4 is 34.1 Å². The van der Waals surface area contributed by atoms with Gasteiger partial charge >= 0.3 is 7.12 Å². The van der Waals surface area contributed by atoms with Gasteiger partial charge in [0.15, 0.2) is 0 Å². The van der Waals surface area contributed by atoms with Crippen LogP contribution in [0.1, 0.15) is 0 Å². The normalized spacial score (nSPS) is 14.5. The average molecular weight is 324 g/mol. The molecule has 0 spiro atoms. The molecule has 1 saturated heterocycles. The maximum atomic E-state index is 5.88. The van der Waals surface area contributed by atoms with Gasteiger partial charge in [0.05, 0.1) is 13.2 Å². The van der Waals surface area contributed by atoms with Gasteiger partial charge < -0.3 is 9.31 Å². The zero-order chi connectivity index (χ0) is 16.6. The topological polar surface area (TPSA) is 18.5 Å². The molecule has 0 aliphatic carbocycles. The first-order valence-corrected chi connectivity index (χ1v) is 8.65. The van der Waals surface area contributed by atoms with Crippen LogP contribution < -0.4 is 5.46 Å². The first-order valence-electron chi connectivity index (χ1n) is 8.65. The van der Waals surface area contributed by atoms with Crippen molar-refractivity contribution in [3.63, 3.8) is 0 Å². The summed E-state index contributed by atoms with van der Waals surface area (Å²) in [5.41, 5.74) is 3.65. The molecule has 3 heteroatoms. The molecule has 25 heavy (non-hydrogen) atoms. The molecule has 1 aliphatic rings. The van der Waals surface area contributed by atoms with Gasteiger partial charge in [-0.2, -0.15) is 0 Å². The Hall–Kier alpha value is -2.62. The van der Waals surface area contributed by atoms with Crippen LogP contribution in [0.25, 0.3) is 32.7 Å². The third-order valence-corrected chi connectivity index (χ3v) is 4.89. The molecule has 0 amide bonds. The van der Waals surface area contributed by atoms with Crippen molar-refractivity contribution in [3.8, 4) is 11.1 Å². The Kier molecular flexibility index (Phi) is 3.55. The summed E-state index contributed by atoms with van der Waals surface area (Å²) in [6.45, 7) is 1.29. The molecule has 4 aromatic rings. The molecule has 0 bridgehead atoms. The van der Waals surface area contributed by atoms with Gasteiger partial charge in [-0.3, -0.25) is 0 Å². The van der Waals surface area contributed by atoms with Crippen LogP contribution in [0, 0.1) is 0 Å². The fourth-order valence-corrected chi connectivity index (χ4v) is 3.86. The molecule has 0 radical (unpaired) electrons. The molecule has 1 aliphatic heterocycles. The van der Waals surface area contributed by atoms with E-state index >= 15 is 0 Å². The molecule has 1 heterocycles. The van der Waals surface area contributed by atoms with Crippen LogP contribution in [-0.4, -0.2) is 20.3 Å². The summed E-state index contributed by atoms with van der Waals surface area (Å²) < 4.78 is 11.8. The van der Waals surface area contributed by atoms with Gasteiger partial charge in [0.2, 0.25) is 0 Å². The second-order valence-electron chi connectivity index (χ2n) is 6.32. The van der Waals surface area contributed by atoms with Gasteiger partial charge in [-0.15, -0.1) is 0 Å². The van der Waals surface area contributed by atoms with E-state index in [1.807, 2.05) is 0 Å². The average Bonchev–Trinajstić information content (AvgIpc) is 3.21. The molecule has 0 unspecified atom stereocenters. The zero-order valence-corrected chi connectivity index (χ0v) is 13.8. The summed E-state index contributed by atoms with van der Waals surface area (Å²) in [5, 5.41) is 4.88. The summed E-state index contributed by atoms with van der Waals surface area (Å²) in [5.74, 6) is 0. The Bertz CT molecular complexity index is 996. The van der Waals surface area contributed by atoms with Crippen molar-refractivity contribution in [1.82, 2.24) is 0 Å². The van der Waals surface area contributed by atoms with Crippen LogP contribution in [0.15, 0.2) is 78.9 Å². The second-order valence-corrected chi connectivity index (χ2v) is 6.32. The van der Waals surface area contributed by atoms with Crippen LogP contribution >= 0.6 is 0 Å². The van der Waals surface area contributed by atoms with Crippen molar-refractivity contribution in [2.24, 2.45) is 0 Å². The fraction of sp³-hybridized carbons (Fsp3) is 0.0909. The van der Waals surface area contributed by atoms with E-state index in [0.29, 0.717) is 13.2 Å². The number of rotatable bonds is 2. The van der Waals surface area contributed by atoms with E-state index in [-0.39, 0.29) is 7.12 Å². The van der Waals surface area contributed by atoms with Crippen LogP contribution in [-0.2, 0) is 9.31 Å². The minimum Gasteiger partial charge on any atom is -0.405 e. The van der Waals surface area contributed by atoms with Gasteiger partial charge in [0.1, 0.15) is 0 Å². The lowest BCUT2D eigenvalue weighted by Gasteiger charge is -2.18. The van der Waals surface area contributed by atoms with Crippen LogP contribution in [0.3, 0.4) is 0 Å². The lowest BCUT2D eigenvalue weighted by molar-refractivity contribution is 0.365. The van der Waals surface area contributed by atoms with Crippen molar-refractivity contribution in [3.05, 3.63) is 78.9 Å². The number of fused-ring (bicyclic) bond motifs is 2. The summed E-state index contributed by atoms with van der Waals surface area (Å²) in [6.07, 6.45) is 0. The van der Waals surface area contributed by atoms with Crippen molar-refractivity contribution < 1.29 is 9.31 Å². The predicted octanol–water partition coefficient (Wildman–Crippen LogP) is 4.40. The van der Waals surface area contributed by atoms with Crippen LogP contribution in [0.5, 0.6) is 0 Å². The molecule has 0 saturated carbocycles. The molecule has 0 N–H and O–H groups in total. The molecule has 2 nitrogen and oxygen atoms in total. The smallest absolute Gasteiger partial charge is 0.405 e. The summed E-state index contributed by atoms with van der Waals surface area (Å²) >= 11 is 0. The monoisotopic (exact) mass is 324 g/mol. The van der Waals surface area contributed by atoms with Crippen LogP contribution in [0.4, 0.5) is 0 Å². The third-order valence-electron chi connectivity index (χ3n) is 4.89. The summed E-state index contributed by atoms with van der Waals surface area (Å²) in [6, 6.07) is 27.7. The fourth-order valence-electron chi connectivity index (χ4n) is 3.86. The number of hydrogen-bond donors (Lipinski definition) is 0. The van der Waals surface area contributed by atoms with E-state index in [1.165, 1.54) is 32.7 Å². The highest BCUT2D eigenvalue weighted by molar-refractivity contribution is 6.68. The molecule has 5 rings (SSSR count). The maximum Gasteiger partial charge on any atom is 0.495 e. The minimum absolute atomic E-state index is 0.292. The lowest BCUT2D eigenvalue weighted by Crippen LogP contribution is -2.33. The first kappa shape index (κ1) is 14.7. The largest absolute Gasteiger partial charge is 0.495 e. The molecular weight excluding hydrogens is 307 g/mol. The Balaban J connectivity index is 1.96. The predicted molar refractivity (Wildman–Crippen MR) is 104 cm³/mol. The first-order chi connectivity index (χ1) is 12.4. The quantitative estimate of drug-likeness (QED) is 0.402. The lowest BCUT2D eigenvalue weighted by atomic mass is 9.72. The third kappa shape index (κ3) is 2.36. The Morgan fingerprint density at radius 3 is 1.60 bits per heavy atom. The highest BCUT2D eigenvalue weighted by Gasteiger charge is 2.31. The Morgan fingerprint density at radius 1 is 0.560 bits per heavy atom. The highest BCUT2D eigenvalue weighted by Crippen LogP contribution is 2.35. The molecule has 120 valence electrons. The van der Waals surface area contributed by atoms with Gasteiger partial charge in [0.25, 0.3) is 0 Å². The van der Waals surface area contributed by atoms with Crippen molar-refractivity contribution in [2.75, 3.05) is 13.2 Å². The molecular formula is C22H17BO2. The van der Waals surface area contributed by atoms with Crippen molar-refractivity contribution in [2.45, 2.75) is 0 Å². The maximum absolute atomic E-state index is 5.88. The summed E-state index contributed by atoms with van der Waals surface area (Å²) in [7, 11) is -0.292. The van der Waals surface area contributed by atoms with Crippen LogP contribution in [0.2, 0.25) is 0 Å². The van der Waals surface area contributed by atoms with E-state index in [1.54, 1.807) is 0 Å². The summed E-state index contributed by atoms with van der Waals surface area (Å²) in [4.78, 5) is 0. The zero-order valence-electron chi connectivity index (χ0n) is 13.8. The SMILES string of the molecule is c1ccc(-c2c3ccccc3c(B3OCCO3)c3ccccc23)cc1. The standard InChI is InChI=1S/C22H17BO2/c1-2-8-16(9-3-1)21-17-10-4-6-12-19(17)22(23-24-14-15-25-23)20-13-7-5-11-18(20)21/h1-13H,14-15H2. The van der Waals surface area contributed by atoms with E-state index in [2.05, 4.69) is 78.9 Å². The number of hydrogen-bond acceptors (Lipinski definition) is 2. The van der Waals surface area contributed by atoms with E-state index < -0.39 is 0 Å². The van der Waals surface area contributed by atoms with Gasteiger partial charge in [-0.25, -0.2) is 0 Å². The second kappa shape index (κ2) is 6.03. The van der Waals surface area contributed by atoms with E-state index in [4.69, 9.17) is 9.31 Å². The van der Waals surface area contributed by atoms with E-state index in [0.717, 1.165) is 5.46 Å². The molecule has 4 aromatic carbocycles. The van der Waals surface area contributed by atoms with Gasteiger partial charge in [-0.05, 0) is 38.1 Å². The number of benzene rings is 4. The van der Waals surface area contributed by atoms with Gasteiger partial charge in [0, 0.05) is 0 Å². The Morgan fingerprint density at radius 2 is 1.04 bits per heavy atom. The molecule has 0 aromatic heterocycles.